The van der Waals surface area contributed by atoms with Crippen molar-refractivity contribution in [3.63, 3.8) is 0 Å². The zero-order valence-corrected chi connectivity index (χ0v) is 6.89. The molecule has 0 saturated carbocycles. The van der Waals surface area contributed by atoms with E-state index in [-0.39, 0.29) is 11.1 Å². The van der Waals surface area contributed by atoms with Gasteiger partial charge in [-0.25, -0.2) is 4.39 Å². The monoisotopic (exact) mass is 177 g/mol. The van der Waals surface area contributed by atoms with Gasteiger partial charge in [0.1, 0.15) is 11.9 Å². The van der Waals surface area contributed by atoms with Gasteiger partial charge in [0.05, 0.1) is 11.1 Å². The number of nitriles is 1. The Balaban J connectivity index is 3.23. The van der Waals surface area contributed by atoms with Gasteiger partial charge in [0.25, 0.3) is 5.91 Å². The summed E-state index contributed by atoms with van der Waals surface area (Å²) in [5.74, 6) is -1.07. The molecule has 3 nitrogen and oxygen atoms in total. The third-order valence-electron chi connectivity index (χ3n) is 1.51. The van der Waals surface area contributed by atoms with E-state index in [1.165, 1.54) is 7.05 Å². The Morgan fingerprint density at radius 1 is 1.77 bits per heavy atom. The van der Waals surface area contributed by atoms with Crippen LogP contribution in [0.25, 0.3) is 0 Å². The molecule has 0 bridgehead atoms. The number of carbonyl (C=O) groups excluding carboxylic acids is 1. The molecule has 1 radical (unpaired) electrons. The number of amides is 1. The minimum Gasteiger partial charge on any atom is -0.355 e. The molecule has 0 aliphatic rings. The lowest BCUT2D eigenvalue weighted by Crippen LogP contribution is -2.19. The molecule has 13 heavy (non-hydrogen) atoms. The van der Waals surface area contributed by atoms with E-state index in [2.05, 4.69) is 11.4 Å². The van der Waals surface area contributed by atoms with E-state index in [4.69, 9.17) is 5.26 Å². The van der Waals surface area contributed by atoms with Crippen molar-refractivity contribution >= 4 is 5.91 Å². The summed E-state index contributed by atoms with van der Waals surface area (Å²) in [7, 11) is 1.44. The molecule has 65 valence electrons. The maximum Gasteiger partial charge on any atom is 0.252 e. The number of nitrogens with zero attached hydrogens (tertiary/aromatic N) is 1. The van der Waals surface area contributed by atoms with E-state index < -0.39 is 11.7 Å². The molecule has 0 atom stereocenters. The normalized spacial score (nSPS) is 9.00. The maximum absolute atomic E-state index is 12.6. The van der Waals surface area contributed by atoms with Crippen LogP contribution in [0.15, 0.2) is 12.1 Å². The number of benzene rings is 1. The van der Waals surface area contributed by atoms with Gasteiger partial charge < -0.3 is 5.32 Å². The zero-order valence-electron chi connectivity index (χ0n) is 6.89. The highest BCUT2D eigenvalue weighted by atomic mass is 19.1. The first-order valence-electron chi connectivity index (χ1n) is 3.52. The molecule has 0 fully saturated rings. The van der Waals surface area contributed by atoms with Crippen LogP contribution in [0.5, 0.6) is 0 Å². The lowest BCUT2D eigenvalue weighted by atomic mass is 10.1. The van der Waals surface area contributed by atoms with Crippen molar-refractivity contribution in [3.05, 3.63) is 35.1 Å². The molecule has 0 unspecified atom stereocenters. The van der Waals surface area contributed by atoms with Crippen LogP contribution < -0.4 is 5.32 Å². The molecule has 1 amide bonds. The minimum atomic E-state index is -0.649. The molecule has 1 rings (SSSR count). The first-order valence-corrected chi connectivity index (χ1v) is 3.52. The molecule has 4 heteroatoms. The van der Waals surface area contributed by atoms with E-state index in [0.29, 0.717) is 0 Å². The van der Waals surface area contributed by atoms with Gasteiger partial charge in [0.15, 0.2) is 0 Å². The van der Waals surface area contributed by atoms with Crippen LogP contribution in [-0.2, 0) is 0 Å². The Bertz CT molecular complexity index is 382. The standard InChI is InChI=1S/C9H6FN2O/c1-12-9(13)8-3-2-7(10)4-6(8)5-11/h3-4H,1H3,(H,12,13). The van der Waals surface area contributed by atoms with Gasteiger partial charge in [-0.15, -0.1) is 0 Å². The molecule has 0 saturated heterocycles. The third-order valence-corrected chi connectivity index (χ3v) is 1.51. The quantitative estimate of drug-likeness (QED) is 0.691. The second-order valence-corrected chi connectivity index (χ2v) is 2.30. The SMILES string of the molecule is CNC(=O)c1c[c]c(F)cc1C#N. The summed E-state index contributed by atoms with van der Waals surface area (Å²) in [4.78, 5) is 11.1. The highest BCUT2D eigenvalue weighted by Gasteiger charge is 2.09. The van der Waals surface area contributed by atoms with Gasteiger partial charge in [0, 0.05) is 13.1 Å². The second-order valence-electron chi connectivity index (χ2n) is 2.30. The number of carbonyl (C=O) groups is 1. The number of rotatable bonds is 1. The second kappa shape index (κ2) is 3.68. The summed E-state index contributed by atoms with van der Waals surface area (Å²) in [6, 6.07) is 6.08. The van der Waals surface area contributed by atoms with Crippen LogP contribution in [0.2, 0.25) is 0 Å². The van der Waals surface area contributed by atoms with Crippen molar-refractivity contribution in [3.8, 4) is 6.07 Å². The van der Waals surface area contributed by atoms with E-state index in [1.807, 2.05) is 0 Å². The molecule has 0 heterocycles. The van der Waals surface area contributed by atoms with Crippen molar-refractivity contribution in [1.29, 1.82) is 5.26 Å². The summed E-state index contributed by atoms with van der Waals surface area (Å²) >= 11 is 0. The largest absolute Gasteiger partial charge is 0.355 e. The first-order chi connectivity index (χ1) is 6.19. The molecule has 0 aromatic heterocycles. The predicted molar refractivity (Wildman–Crippen MR) is 43.3 cm³/mol. The minimum absolute atomic E-state index is 0.00981. The van der Waals surface area contributed by atoms with Crippen LogP contribution in [-0.4, -0.2) is 13.0 Å². The van der Waals surface area contributed by atoms with Gasteiger partial charge in [0.2, 0.25) is 0 Å². The average molecular weight is 177 g/mol. The number of hydrogen-bond acceptors (Lipinski definition) is 2. The van der Waals surface area contributed by atoms with E-state index in [0.717, 1.165) is 12.1 Å². The van der Waals surface area contributed by atoms with Gasteiger partial charge >= 0.3 is 0 Å². The van der Waals surface area contributed by atoms with Crippen molar-refractivity contribution in [2.75, 3.05) is 7.05 Å². The highest BCUT2D eigenvalue weighted by Crippen LogP contribution is 2.09. The zero-order chi connectivity index (χ0) is 9.84. The first kappa shape index (κ1) is 9.20. The molecule has 0 aliphatic heterocycles. The fourth-order valence-corrected chi connectivity index (χ4v) is 0.880. The van der Waals surface area contributed by atoms with E-state index >= 15 is 0 Å². The third kappa shape index (κ3) is 1.82. The fraction of sp³-hybridized carbons (Fsp3) is 0.111. The van der Waals surface area contributed by atoms with E-state index in [9.17, 15) is 9.18 Å². The lowest BCUT2D eigenvalue weighted by Gasteiger charge is -2.00. The average Bonchev–Trinajstić information content (AvgIpc) is 2.16. The Labute approximate surface area is 74.8 Å². The van der Waals surface area contributed by atoms with Crippen molar-refractivity contribution in [1.82, 2.24) is 5.32 Å². The summed E-state index contributed by atoms with van der Waals surface area (Å²) < 4.78 is 12.6. The highest BCUT2D eigenvalue weighted by molar-refractivity contribution is 5.96. The summed E-state index contributed by atoms with van der Waals surface area (Å²) in [5, 5.41) is 10.9. The van der Waals surface area contributed by atoms with Crippen LogP contribution in [0.4, 0.5) is 4.39 Å². The Morgan fingerprint density at radius 2 is 2.46 bits per heavy atom. The maximum atomic E-state index is 12.6. The molecule has 0 spiro atoms. The molecular weight excluding hydrogens is 171 g/mol. The van der Waals surface area contributed by atoms with Crippen molar-refractivity contribution < 1.29 is 9.18 Å². The fourth-order valence-electron chi connectivity index (χ4n) is 0.880. The van der Waals surface area contributed by atoms with Crippen molar-refractivity contribution in [2.45, 2.75) is 0 Å². The summed E-state index contributed by atoms with van der Waals surface area (Å²) in [6.07, 6.45) is 0. The molecule has 1 N–H and O–H groups in total. The lowest BCUT2D eigenvalue weighted by molar-refractivity contribution is 0.0963. The molecule has 1 aromatic carbocycles. The van der Waals surface area contributed by atoms with Crippen LogP contribution in [0.1, 0.15) is 15.9 Å². The summed E-state index contributed by atoms with van der Waals surface area (Å²) in [5.41, 5.74) is 0.141. The van der Waals surface area contributed by atoms with Crippen molar-refractivity contribution in [2.24, 2.45) is 0 Å². The van der Waals surface area contributed by atoms with Crippen LogP contribution in [0, 0.1) is 23.2 Å². The predicted octanol–water partition coefficient (Wildman–Crippen LogP) is 0.857. The van der Waals surface area contributed by atoms with E-state index in [1.54, 1.807) is 6.07 Å². The Hall–Kier alpha value is -1.89. The Morgan fingerprint density at radius 3 is 3.00 bits per heavy atom. The van der Waals surface area contributed by atoms with Crippen LogP contribution in [0.3, 0.4) is 0 Å². The van der Waals surface area contributed by atoms with Gasteiger partial charge in [-0.05, 0) is 12.1 Å². The molecule has 1 aromatic rings. The smallest absolute Gasteiger partial charge is 0.252 e. The van der Waals surface area contributed by atoms with Gasteiger partial charge in [-0.3, -0.25) is 4.79 Å². The number of nitrogens with one attached hydrogen (secondary N) is 1. The summed E-state index contributed by atoms with van der Waals surface area (Å²) in [6.45, 7) is 0. The van der Waals surface area contributed by atoms with Crippen LogP contribution >= 0.6 is 0 Å². The molecule has 0 aliphatic carbocycles. The topological polar surface area (TPSA) is 52.9 Å². The van der Waals surface area contributed by atoms with Gasteiger partial charge in [-0.2, -0.15) is 5.26 Å². The van der Waals surface area contributed by atoms with Gasteiger partial charge in [-0.1, -0.05) is 0 Å². The molecular formula is C9H6FN2O. The number of hydrogen-bond donors (Lipinski definition) is 1. The number of halogens is 1. The Kier molecular flexibility index (Phi) is 2.60.